The summed E-state index contributed by atoms with van der Waals surface area (Å²) in [6.07, 6.45) is 4.99. The number of imidazole rings is 1. The van der Waals surface area contributed by atoms with Crippen LogP contribution >= 0.6 is 24.8 Å². The molecule has 3 heterocycles. The third kappa shape index (κ3) is 3.69. The molecule has 2 bridgehead atoms. The molecule has 2 aliphatic rings. The Morgan fingerprint density at radius 1 is 1.30 bits per heavy atom. The molecule has 7 heteroatoms. The number of hydrogen-bond acceptors (Lipinski definition) is 3. The number of carbonyl (C=O) groups is 1. The maximum absolute atomic E-state index is 12.9. The molecule has 3 N–H and O–H groups in total. The molecule has 27 heavy (non-hydrogen) atoms. The Labute approximate surface area is 173 Å². The summed E-state index contributed by atoms with van der Waals surface area (Å²) in [5.74, 6) is 1.17. The molecule has 2 aliphatic heterocycles. The molecular weight excluding hydrogens is 383 g/mol. The Kier molecular flexibility index (Phi) is 6.82. The zero-order valence-corrected chi connectivity index (χ0v) is 17.9. The molecule has 2 saturated heterocycles. The molecule has 0 unspecified atom stereocenters. The molecule has 3 atom stereocenters. The van der Waals surface area contributed by atoms with E-state index >= 15 is 0 Å². The Hall–Kier alpha value is -1.30. The summed E-state index contributed by atoms with van der Waals surface area (Å²) in [5, 5.41) is 6.79. The van der Waals surface area contributed by atoms with E-state index in [9.17, 15) is 4.79 Å². The number of fused-ring (bicyclic) bond motifs is 3. The van der Waals surface area contributed by atoms with Crippen molar-refractivity contribution >= 4 is 41.8 Å². The number of aromatic amines is 1. The molecule has 150 valence electrons. The number of nitrogens with zero attached hydrogens (tertiary/aromatic N) is 1. The summed E-state index contributed by atoms with van der Waals surface area (Å²) < 4.78 is 0. The number of benzene rings is 1. The van der Waals surface area contributed by atoms with Crippen molar-refractivity contribution in [3.63, 3.8) is 0 Å². The van der Waals surface area contributed by atoms with Crippen molar-refractivity contribution in [3.8, 4) is 0 Å². The smallest absolute Gasteiger partial charge is 0.227 e. The summed E-state index contributed by atoms with van der Waals surface area (Å²) in [6, 6.07) is 5.10. The summed E-state index contributed by atoms with van der Waals surface area (Å²) in [5.41, 5.74) is 4.40. The lowest BCUT2D eigenvalue weighted by atomic mass is 9.71. The lowest BCUT2D eigenvalue weighted by molar-refractivity contribution is -0.132. The molecule has 0 radical (unpaired) electrons. The number of halogens is 2. The standard InChI is InChI=1S/C20H28N4O.2ClH/c1-4-20(11-14-6-8-16(20)22-14)19(25)21-10-9-17-23-15-7-5-12(2)13(3)18(15)24-17;;/h5,7,14,16,22H,4,6,8-11H2,1-3H3,(H,21,25)(H,23,24);2*1H/t14-,16+,20+;;/m0../s1. The number of rotatable bonds is 5. The largest absolute Gasteiger partial charge is 0.355 e. The predicted molar refractivity (Wildman–Crippen MR) is 114 cm³/mol. The molecular formula is C20H30Cl2N4O. The number of aromatic nitrogens is 2. The van der Waals surface area contributed by atoms with Gasteiger partial charge in [0.05, 0.1) is 16.4 Å². The van der Waals surface area contributed by atoms with Crippen LogP contribution < -0.4 is 10.6 Å². The summed E-state index contributed by atoms with van der Waals surface area (Å²) in [6.45, 7) is 7.00. The van der Waals surface area contributed by atoms with E-state index in [1.807, 2.05) is 0 Å². The van der Waals surface area contributed by atoms with Gasteiger partial charge in [0.15, 0.2) is 0 Å². The van der Waals surface area contributed by atoms with Gasteiger partial charge in [-0.3, -0.25) is 4.79 Å². The first-order chi connectivity index (χ1) is 12.0. The van der Waals surface area contributed by atoms with Crippen molar-refractivity contribution in [2.45, 2.75) is 65.0 Å². The minimum Gasteiger partial charge on any atom is -0.355 e. The first kappa shape index (κ1) is 22.0. The van der Waals surface area contributed by atoms with E-state index in [0.717, 1.165) is 42.5 Å². The maximum atomic E-state index is 12.9. The molecule has 4 rings (SSSR count). The van der Waals surface area contributed by atoms with Crippen LogP contribution in [0.2, 0.25) is 0 Å². The number of carbonyl (C=O) groups excluding carboxylic acids is 1. The van der Waals surface area contributed by atoms with Crippen LogP contribution in [0.25, 0.3) is 11.0 Å². The van der Waals surface area contributed by atoms with Crippen molar-refractivity contribution in [2.75, 3.05) is 6.54 Å². The monoisotopic (exact) mass is 412 g/mol. The van der Waals surface area contributed by atoms with Crippen molar-refractivity contribution < 1.29 is 4.79 Å². The molecule has 0 saturated carbocycles. The van der Waals surface area contributed by atoms with Crippen LogP contribution in [-0.4, -0.2) is 34.5 Å². The molecule has 2 aromatic rings. The van der Waals surface area contributed by atoms with Crippen LogP contribution in [0.5, 0.6) is 0 Å². The second-order valence-corrected chi connectivity index (χ2v) is 7.80. The molecule has 5 nitrogen and oxygen atoms in total. The molecule has 0 spiro atoms. The summed E-state index contributed by atoms with van der Waals surface area (Å²) >= 11 is 0. The van der Waals surface area contributed by atoms with Gasteiger partial charge in [-0.15, -0.1) is 24.8 Å². The van der Waals surface area contributed by atoms with E-state index in [-0.39, 0.29) is 36.1 Å². The lowest BCUT2D eigenvalue weighted by Gasteiger charge is -2.34. The van der Waals surface area contributed by atoms with E-state index in [1.165, 1.54) is 17.5 Å². The van der Waals surface area contributed by atoms with Crippen LogP contribution in [0, 0.1) is 19.3 Å². The van der Waals surface area contributed by atoms with Gasteiger partial charge in [-0.2, -0.15) is 0 Å². The van der Waals surface area contributed by atoms with Gasteiger partial charge in [0.2, 0.25) is 5.91 Å². The molecule has 0 aliphatic carbocycles. The Morgan fingerprint density at radius 3 is 2.70 bits per heavy atom. The van der Waals surface area contributed by atoms with E-state index in [2.05, 4.69) is 48.5 Å². The van der Waals surface area contributed by atoms with Crippen LogP contribution in [0.15, 0.2) is 12.1 Å². The van der Waals surface area contributed by atoms with E-state index < -0.39 is 0 Å². The average Bonchev–Trinajstić information content (AvgIpc) is 3.32. The van der Waals surface area contributed by atoms with Crippen LogP contribution in [-0.2, 0) is 11.2 Å². The number of aryl methyl sites for hydroxylation is 2. The fourth-order valence-electron chi connectivity index (χ4n) is 4.75. The highest BCUT2D eigenvalue weighted by molar-refractivity contribution is 5.86. The van der Waals surface area contributed by atoms with Crippen molar-refractivity contribution in [3.05, 3.63) is 29.1 Å². The van der Waals surface area contributed by atoms with E-state index in [4.69, 9.17) is 4.98 Å². The van der Waals surface area contributed by atoms with Crippen LogP contribution in [0.3, 0.4) is 0 Å². The van der Waals surface area contributed by atoms with Crippen molar-refractivity contribution in [2.24, 2.45) is 5.41 Å². The highest BCUT2D eigenvalue weighted by Gasteiger charge is 2.54. The van der Waals surface area contributed by atoms with Crippen molar-refractivity contribution in [1.29, 1.82) is 0 Å². The number of hydrogen-bond donors (Lipinski definition) is 3. The minimum absolute atomic E-state index is 0. The minimum atomic E-state index is -0.204. The Bertz CT molecular complexity index is 822. The number of nitrogens with one attached hydrogen (secondary N) is 3. The first-order valence-corrected chi connectivity index (χ1v) is 9.52. The average molecular weight is 413 g/mol. The van der Waals surface area contributed by atoms with E-state index in [0.29, 0.717) is 18.6 Å². The topological polar surface area (TPSA) is 69.8 Å². The van der Waals surface area contributed by atoms with Crippen LogP contribution in [0.1, 0.15) is 49.6 Å². The Balaban J connectivity index is 0.00000131. The zero-order valence-electron chi connectivity index (χ0n) is 16.2. The molecule has 1 aromatic heterocycles. The molecule has 1 amide bonds. The second-order valence-electron chi connectivity index (χ2n) is 7.80. The fraction of sp³-hybridized carbons (Fsp3) is 0.600. The zero-order chi connectivity index (χ0) is 17.6. The highest BCUT2D eigenvalue weighted by atomic mass is 35.5. The Morgan fingerprint density at radius 2 is 2.07 bits per heavy atom. The number of amides is 1. The van der Waals surface area contributed by atoms with Crippen LogP contribution in [0.4, 0.5) is 0 Å². The van der Waals surface area contributed by atoms with E-state index in [1.54, 1.807) is 0 Å². The fourth-order valence-corrected chi connectivity index (χ4v) is 4.75. The third-order valence-electron chi connectivity index (χ3n) is 6.48. The summed E-state index contributed by atoms with van der Waals surface area (Å²) in [4.78, 5) is 21.0. The van der Waals surface area contributed by atoms with Crippen molar-refractivity contribution in [1.82, 2.24) is 20.6 Å². The van der Waals surface area contributed by atoms with Gasteiger partial charge in [0.25, 0.3) is 0 Å². The van der Waals surface area contributed by atoms with Gasteiger partial charge in [-0.05, 0) is 56.7 Å². The lowest BCUT2D eigenvalue weighted by Crippen LogP contribution is -2.48. The van der Waals surface area contributed by atoms with Gasteiger partial charge >= 0.3 is 0 Å². The summed E-state index contributed by atoms with van der Waals surface area (Å²) in [7, 11) is 0. The third-order valence-corrected chi connectivity index (χ3v) is 6.48. The van der Waals surface area contributed by atoms with Gasteiger partial charge in [-0.1, -0.05) is 13.0 Å². The van der Waals surface area contributed by atoms with Gasteiger partial charge in [0.1, 0.15) is 5.82 Å². The number of H-pyrrole nitrogens is 1. The predicted octanol–water partition coefficient (Wildman–Crippen LogP) is 3.60. The highest BCUT2D eigenvalue weighted by Crippen LogP contribution is 2.45. The second kappa shape index (κ2) is 8.38. The van der Waals surface area contributed by atoms with Gasteiger partial charge < -0.3 is 15.6 Å². The van der Waals surface area contributed by atoms with Gasteiger partial charge in [0, 0.05) is 25.0 Å². The molecule has 2 fully saturated rings. The normalized spacial score (nSPS) is 25.9. The van der Waals surface area contributed by atoms with Gasteiger partial charge in [-0.25, -0.2) is 4.98 Å². The SMILES string of the molecule is CC[C@@]1(C(=O)NCCc2nc3c(C)c(C)ccc3[nH]2)C[C@@H]2CC[C@H]1N2.Cl.Cl. The first-order valence-electron chi connectivity index (χ1n) is 9.52. The molecule has 1 aromatic carbocycles. The quantitative estimate of drug-likeness (QED) is 0.702. The maximum Gasteiger partial charge on any atom is 0.227 e.